The first kappa shape index (κ1) is 10.7. The van der Waals surface area contributed by atoms with E-state index in [4.69, 9.17) is 5.11 Å². The van der Waals surface area contributed by atoms with Gasteiger partial charge in [-0.2, -0.15) is 0 Å². The topological polar surface area (TPSA) is 68.0 Å². The van der Waals surface area contributed by atoms with Crippen LogP contribution >= 0.6 is 0 Å². The van der Waals surface area contributed by atoms with E-state index in [1.807, 2.05) is 6.92 Å². The lowest BCUT2D eigenvalue weighted by Crippen LogP contribution is -2.12. The largest absolute Gasteiger partial charge is 0.475 e. The number of nitrogens with zero attached hydrogens (tertiary/aromatic N) is 3. The second-order valence-electron chi connectivity index (χ2n) is 3.10. The average molecular weight is 197 g/mol. The molecule has 0 unspecified atom stereocenters. The molecule has 0 bridgehead atoms. The number of unbranched alkanes of at least 4 members (excludes halogenated alkanes) is 1. The van der Waals surface area contributed by atoms with E-state index in [9.17, 15) is 4.79 Å². The van der Waals surface area contributed by atoms with Crippen LogP contribution in [0.15, 0.2) is 0 Å². The number of carboxylic acid groups (broad SMARTS) is 1. The maximum atomic E-state index is 10.8. The molecule has 14 heavy (non-hydrogen) atoms. The average Bonchev–Trinajstić information content (AvgIpc) is 2.57. The fourth-order valence-corrected chi connectivity index (χ4v) is 1.31. The molecular weight excluding hydrogens is 182 g/mol. The van der Waals surface area contributed by atoms with Gasteiger partial charge in [0.15, 0.2) is 0 Å². The van der Waals surface area contributed by atoms with Crippen LogP contribution in [-0.2, 0) is 13.0 Å². The zero-order chi connectivity index (χ0) is 10.6. The van der Waals surface area contributed by atoms with Crippen molar-refractivity contribution in [1.82, 2.24) is 14.8 Å². The summed E-state index contributed by atoms with van der Waals surface area (Å²) in [6.45, 7) is 4.70. The van der Waals surface area contributed by atoms with Crippen LogP contribution in [0.25, 0.3) is 0 Å². The summed E-state index contributed by atoms with van der Waals surface area (Å²) < 4.78 is 1.69. The summed E-state index contributed by atoms with van der Waals surface area (Å²) in [5, 5.41) is 16.3. The SMILES string of the molecule is CCCCn1c(CC)nnc1C(=O)O. The van der Waals surface area contributed by atoms with Gasteiger partial charge in [-0.15, -0.1) is 10.2 Å². The maximum absolute atomic E-state index is 10.8. The quantitative estimate of drug-likeness (QED) is 0.773. The molecule has 5 heteroatoms. The van der Waals surface area contributed by atoms with Gasteiger partial charge in [0.2, 0.25) is 5.82 Å². The van der Waals surface area contributed by atoms with Crippen molar-refractivity contribution in [2.24, 2.45) is 0 Å². The molecule has 1 aromatic heterocycles. The lowest BCUT2D eigenvalue weighted by atomic mass is 10.3. The minimum absolute atomic E-state index is 0.0512. The van der Waals surface area contributed by atoms with Crippen molar-refractivity contribution in [3.8, 4) is 0 Å². The number of rotatable bonds is 5. The van der Waals surface area contributed by atoms with Gasteiger partial charge in [0.1, 0.15) is 5.82 Å². The molecule has 1 rings (SSSR count). The number of hydrogen-bond acceptors (Lipinski definition) is 3. The highest BCUT2D eigenvalue weighted by molar-refractivity contribution is 5.83. The fraction of sp³-hybridized carbons (Fsp3) is 0.667. The van der Waals surface area contributed by atoms with Gasteiger partial charge in [-0.05, 0) is 6.42 Å². The Morgan fingerprint density at radius 1 is 1.43 bits per heavy atom. The van der Waals surface area contributed by atoms with Crippen molar-refractivity contribution >= 4 is 5.97 Å². The Labute approximate surface area is 82.8 Å². The predicted molar refractivity (Wildman–Crippen MR) is 51.3 cm³/mol. The zero-order valence-electron chi connectivity index (χ0n) is 8.53. The van der Waals surface area contributed by atoms with Gasteiger partial charge in [-0.3, -0.25) is 0 Å². The van der Waals surface area contributed by atoms with E-state index < -0.39 is 5.97 Å². The molecule has 1 heterocycles. The molecule has 0 aromatic carbocycles. The van der Waals surface area contributed by atoms with Crippen LogP contribution in [0.1, 0.15) is 43.1 Å². The van der Waals surface area contributed by atoms with Crippen molar-refractivity contribution in [2.75, 3.05) is 0 Å². The van der Waals surface area contributed by atoms with Crippen LogP contribution in [0.2, 0.25) is 0 Å². The summed E-state index contributed by atoms with van der Waals surface area (Å²) in [7, 11) is 0. The minimum Gasteiger partial charge on any atom is -0.475 e. The smallest absolute Gasteiger partial charge is 0.374 e. The highest BCUT2D eigenvalue weighted by Crippen LogP contribution is 2.05. The molecule has 0 fully saturated rings. The van der Waals surface area contributed by atoms with E-state index in [1.165, 1.54) is 0 Å². The number of carbonyl (C=O) groups is 1. The van der Waals surface area contributed by atoms with Crippen LogP contribution in [0.4, 0.5) is 0 Å². The molecule has 0 aliphatic heterocycles. The van der Waals surface area contributed by atoms with E-state index >= 15 is 0 Å². The lowest BCUT2D eigenvalue weighted by Gasteiger charge is -2.05. The van der Waals surface area contributed by atoms with Gasteiger partial charge in [-0.1, -0.05) is 20.3 Å². The standard InChI is InChI=1S/C9H15N3O2/c1-3-5-6-12-7(4-2)10-11-8(12)9(13)14/h3-6H2,1-2H3,(H,13,14). The Balaban J connectivity index is 2.93. The molecule has 0 atom stereocenters. The van der Waals surface area contributed by atoms with Crippen molar-refractivity contribution in [1.29, 1.82) is 0 Å². The molecule has 0 aliphatic rings. The van der Waals surface area contributed by atoms with Gasteiger partial charge in [0, 0.05) is 13.0 Å². The van der Waals surface area contributed by atoms with E-state index in [1.54, 1.807) is 4.57 Å². The molecule has 0 saturated carbocycles. The minimum atomic E-state index is -1.01. The molecular formula is C9H15N3O2. The molecule has 5 nitrogen and oxygen atoms in total. The van der Waals surface area contributed by atoms with Crippen LogP contribution in [0.3, 0.4) is 0 Å². The van der Waals surface area contributed by atoms with Crippen molar-refractivity contribution in [2.45, 2.75) is 39.7 Å². The number of carboxylic acids is 1. The number of aromatic carboxylic acids is 1. The van der Waals surface area contributed by atoms with Gasteiger partial charge in [-0.25, -0.2) is 4.79 Å². The molecule has 0 radical (unpaired) electrons. The summed E-state index contributed by atoms with van der Waals surface area (Å²) in [5.74, 6) is -0.209. The molecule has 0 spiro atoms. The fourth-order valence-electron chi connectivity index (χ4n) is 1.31. The third-order valence-electron chi connectivity index (χ3n) is 2.07. The molecule has 78 valence electrons. The Kier molecular flexibility index (Phi) is 3.62. The van der Waals surface area contributed by atoms with Gasteiger partial charge in [0.25, 0.3) is 0 Å². The molecule has 0 amide bonds. The van der Waals surface area contributed by atoms with E-state index in [-0.39, 0.29) is 5.82 Å². The van der Waals surface area contributed by atoms with E-state index in [2.05, 4.69) is 17.1 Å². The summed E-state index contributed by atoms with van der Waals surface area (Å²) >= 11 is 0. The summed E-state index contributed by atoms with van der Waals surface area (Å²) in [6.07, 6.45) is 2.69. The Bertz CT molecular complexity index is 320. The zero-order valence-corrected chi connectivity index (χ0v) is 8.53. The third kappa shape index (κ3) is 2.10. The summed E-state index contributed by atoms with van der Waals surface area (Å²) in [4.78, 5) is 10.8. The van der Waals surface area contributed by atoms with E-state index in [0.29, 0.717) is 13.0 Å². The van der Waals surface area contributed by atoms with Crippen LogP contribution in [-0.4, -0.2) is 25.8 Å². The highest BCUT2D eigenvalue weighted by Gasteiger charge is 2.15. The Morgan fingerprint density at radius 3 is 2.64 bits per heavy atom. The lowest BCUT2D eigenvalue weighted by molar-refractivity contribution is 0.0677. The number of aromatic nitrogens is 3. The molecule has 0 saturated heterocycles. The summed E-state index contributed by atoms with van der Waals surface area (Å²) in [6, 6.07) is 0. The van der Waals surface area contributed by atoms with Crippen LogP contribution in [0.5, 0.6) is 0 Å². The third-order valence-corrected chi connectivity index (χ3v) is 2.07. The first-order valence-corrected chi connectivity index (χ1v) is 4.86. The number of hydrogen-bond donors (Lipinski definition) is 1. The second-order valence-corrected chi connectivity index (χ2v) is 3.10. The molecule has 1 N–H and O–H groups in total. The van der Waals surface area contributed by atoms with Gasteiger partial charge < -0.3 is 9.67 Å². The van der Waals surface area contributed by atoms with Gasteiger partial charge >= 0.3 is 5.97 Å². The van der Waals surface area contributed by atoms with Crippen LogP contribution in [0, 0.1) is 0 Å². The number of aryl methyl sites for hydroxylation is 1. The highest BCUT2D eigenvalue weighted by atomic mass is 16.4. The first-order valence-electron chi connectivity index (χ1n) is 4.86. The Morgan fingerprint density at radius 2 is 2.14 bits per heavy atom. The Hall–Kier alpha value is -1.39. The van der Waals surface area contributed by atoms with E-state index in [0.717, 1.165) is 18.7 Å². The van der Waals surface area contributed by atoms with Crippen molar-refractivity contribution in [3.05, 3.63) is 11.6 Å². The van der Waals surface area contributed by atoms with Crippen LogP contribution < -0.4 is 0 Å². The molecule has 0 aliphatic carbocycles. The summed E-state index contributed by atoms with van der Waals surface area (Å²) in [5.41, 5.74) is 0. The van der Waals surface area contributed by atoms with Crippen molar-refractivity contribution < 1.29 is 9.90 Å². The van der Waals surface area contributed by atoms with Gasteiger partial charge in [0.05, 0.1) is 0 Å². The second kappa shape index (κ2) is 4.74. The predicted octanol–water partition coefficient (Wildman–Crippen LogP) is 1.34. The van der Waals surface area contributed by atoms with Crippen molar-refractivity contribution in [3.63, 3.8) is 0 Å². The monoisotopic (exact) mass is 197 g/mol. The first-order chi connectivity index (χ1) is 6.70. The molecule has 1 aromatic rings. The maximum Gasteiger partial charge on any atom is 0.374 e. The normalized spacial score (nSPS) is 10.4.